The number of rotatable bonds is 3. The molecule has 0 spiro atoms. The second-order valence-corrected chi connectivity index (χ2v) is 4.74. The number of thiocarbonyl (C=S) groups is 1. The minimum Gasteiger partial charge on any atom is -0.376 e. The molecule has 0 saturated carbocycles. The summed E-state index contributed by atoms with van der Waals surface area (Å²) in [6.07, 6.45) is 2.34. The number of benzene rings is 1. The Bertz CT molecular complexity index is 361. The molecular weight excluding hydrogens is 232 g/mol. The molecule has 17 heavy (non-hydrogen) atoms. The van der Waals surface area contributed by atoms with Crippen LogP contribution >= 0.6 is 12.2 Å². The Kier molecular flexibility index (Phi) is 4.34. The van der Waals surface area contributed by atoms with Crippen LogP contribution in [0, 0.1) is 0 Å². The lowest BCUT2D eigenvalue weighted by Gasteiger charge is -2.32. The van der Waals surface area contributed by atoms with E-state index in [9.17, 15) is 0 Å². The first-order chi connectivity index (χ1) is 8.25. The van der Waals surface area contributed by atoms with E-state index < -0.39 is 0 Å². The largest absolute Gasteiger partial charge is 0.376 e. The Labute approximate surface area is 108 Å². The normalized spacial score (nSPS) is 17.1. The van der Waals surface area contributed by atoms with Gasteiger partial charge in [0.2, 0.25) is 0 Å². The monoisotopic (exact) mass is 250 g/mol. The second-order valence-electron chi connectivity index (χ2n) is 4.32. The lowest BCUT2D eigenvalue weighted by Crippen LogP contribution is -2.43. The molecule has 0 bridgehead atoms. The highest BCUT2D eigenvalue weighted by molar-refractivity contribution is 7.80. The molecule has 1 fully saturated rings. The van der Waals surface area contributed by atoms with Crippen LogP contribution in [0.3, 0.4) is 0 Å². The number of nitrogens with zero attached hydrogens (tertiary/aromatic N) is 1. The van der Waals surface area contributed by atoms with Gasteiger partial charge in [-0.05, 0) is 30.6 Å². The van der Waals surface area contributed by atoms with Crippen LogP contribution in [0.25, 0.3) is 0 Å². The molecule has 1 aromatic carbocycles. The third kappa shape index (κ3) is 3.68. The number of piperidine rings is 1. The van der Waals surface area contributed by atoms with E-state index in [1.54, 1.807) is 0 Å². The fraction of sp³-hybridized carbons (Fsp3) is 0.462. The lowest BCUT2D eigenvalue weighted by molar-refractivity contribution is 0.00855. The molecule has 3 nitrogen and oxygen atoms in total. The zero-order valence-electron chi connectivity index (χ0n) is 9.84. The fourth-order valence-electron chi connectivity index (χ4n) is 2.03. The molecule has 1 heterocycles. The topological polar surface area (TPSA) is 38.5 Å². The van der Waals surface area contributed by atoms with Crippen molar-refractivity contribution < 1.29 is 4.74 Å². The minimum atomic E-state index is 0.334. The van der Waals surface area contributed by atoms with Gasteiger partial charge in [0.05, 0.1) is 12.7 Å². The van der Waals surface area contributed by atoms with Crippen LogP contribution < -0.4 is 5.73 Å². The SMILES string of the molecule is NC(=S)N1CCC(OCc2ccccc2)CC1. The van der Waals surface area contributed by atoms with Gasteiger partial charge in [-0.3, -0.25) is 0 Å². The van der Waals surface area contributed by atoms with Gasteiger partial charge in [0.1, 0.15) is 0 Å². The zero-order chi connectivity index (χ0) is 12.1. The predicted octanol–water partition coefficient (Wildman–Crippen LogP) is 1.91. The molecular formula is C13H18N2OS. The number of hydrogen-bond donors (Lipinski definition) is 1. The van der Waals surface area contributed by atoms with Gasteiger partial charge in [0.25, 0.3) is 0 Å². The summed E-state index contributed by atoms with van der Waals surface area (Å²) in [6, 6.07) is 10.3. The Morgan fingerprint density at radius 2 is 1.94 bits per heavy atom. The molecule has 0 unspecified atom stereocenters. The first-order valence-corrected chi connectivity index (χ1v) is 6.36. The van der Waals surface area contributed by atoms with Crippen LogP contribution in [-0.2, 0) is 11.3 Å². The summed E-state index contributed by atoms with van der Waals surface area (Å²) in [5, 5.41) is 0.506. The fourth-order valence-corrected chi connectivity index (χ4v) is 2.21. The average Bonchev–Trinajstić information content (AvgIpc) is 2.38. The highest BCUT2D eigenvalue weighted by Crippen LogP contribution is 2.15. The molecule has 92 valence electrons. The summed E-state index contributed by atoms with van der Waals surface area (Å²) in [7, 11) is 0. The molecule has 1 aliphatic heterocycles. The van der Waals surface area contributed by atoms with Gasteiger partial charge in [0, 0.05) is 13.1 Å². The van der Waals surface area contributed by atoms with Crippen LogP contribution in [0.2, 0.25) is 0 Å². The number of likely N-dealkylation sites (tertiary alicyclic amines) is 1. The van der Waals surface area contributed by atoms with Crippen molar-refractivity contribution >= 4 is 17.3 Å². The van der Waals surface area contributed by atoms with Gasteiger partial charge < -0.3 is 15.4 Å². The van der Waals surface area contributed by atoms with Crippen molar-refractivity contribution in [2.24, 2.45) is 5.73 Å². The van der Waals surface area contributed by atoms with Crippen molar-refractivity contribution in [3.05, 3.63) is 35.9 Å². The van der Waals surface area contributed by atoms with Gasteiger partial charge in [-0.1, -0.05) is 30.3 Å². The number of nitrogens with two attached hydrogens (primary N) is 1. The molecule has 0 aromatic heterocycles. The molecule has 2 rings (SSSR count). The Hall–Kier alpha value is -1.13. The van der Waals surface area contributed by atoms with Crippen LogP contribution in [0.4, 0.5) is 0 Å². The molecule has 0 aliphatic carbocycles. The summed E-state index contributed by atoms with van der Waals surface area (Å²) >= 11 is 4.96. The van der Waals surface area contributed by atoms with Crippen LogP contribution in [0.5, 0.6) is 0 Å². The van der Waals surface area contributed by atoms with Crippen LogP contribution in [0.15, 0.2) is 30.3 Å². The minimum absolute atomic E-state index is 0.334. The second kappa shape index (κ2) is 5.98. The Morgan fingerprint density at radius 1 is 1.29 bits per heavy atom. The van der Waals surface area contributed by atoms with E-state index in [4.69, 9.17) is 22.7 Å². The molecule has 0 atom stereocenters. The van der Waals surface area contributed by atoms with E-state index in [1.807, 2.05) is 23.1 Å². The smallest absolute Gasteiger partial charge is 0.166 e. The maximum Gasteiger partial charge on any atom is 0.166 e. The van der Waals surface area contributed by atoms with Gasteiger partial charge in [0.15, 0.2) is 5.11 Å². The van der Waals surface area contributed by atoms with E-state index in [1.165, 1.54) is 5.56 Å². The standard InChI is InChI=1S/C13H18N2OS/c14-13(17)15-8-6-12(7-9-15)16-10-11-4-2-1-3-5-11/h1-5,12H,6-10H2,(H2,14,17). The van der Waals surface area contributed by atoms with Crippen molar-refractivity contribution in [2.45, 2.75) is 25.6 Å². The average molecular weight is 250 g/mol. The number of hydrogen-bond acceptors (Lipinski definition) is 2. The molecule has 2 N–H and O–H groups in total. The van der Waals surface area contributed by atoms with Crippen molar-refractivity contribution in [2.75, 3.05) is 13.1 Å². The van der Waals surface area contributed by atoms with Gasteiger partial charge in [-0.25, -0.2) is 0 Å². The molecule has 1 aromatic rings. The molecule has 0 amide bonds. The summed E-state index contributed by atoms with van der Waals surface area (Å²) < 4.78 is 5.89. The summed E-state index contributed by atoms with van der Waals surface area (Å²) in [5.74, 6) is 0. The first kappa shape index (κ1) is 12.3. The van der Waals surface area contributed by atoms with E-state index in [0.717, 1.165) is 25.9 Å². The van der Waals surface area contributed by atoms with Crippen molar-refractivity contribution in [1.29, 1.82) is 0 Å². The first-order valence-electron chi connectivity index (χ1n) is 5.95. The Morgan fingerprint density at radius 3 is 2.53 bits per heavy atom. The summed E-state index contributed by atoms with van der Waals surface area (Å²) in [5.41, 5.74) is 6.82. The summed E-state index contributed by atoms with van der Waals surface area (Å²) in [6.45, 7) is 2.52. The summed E-state index contributed by atoms with van der Waals surface area (Å²) in [4.78, 5) is 2.04. The highest BCUT2D eigenvalue weighted by Gasteiger charge is 2.19. The van der Waals surface area contributed by atoms with Crippen LogP contribution in [-0.4, -0.2) is 29.2 Å². The lowest BCUT2D eigenvalue weighted by atomic mass is 10.1. The van der Waals surface area contributed by atoms with Gasteiger partial charge >= 0.3 is 0 Å². The van der Waals surface area contributed by atoms with Crippen molar-refractivity contribution in [3.8, 4) is 0 Å². The third-order valence-electron chi connectivity index (χ3n) is 3.08. The van der Waals surface area contributed by atoms with E-state index in [0.29, 0.717) is 17.8 Å². The third-order valence-corrected chi connectivity index (χ3v) is 3.34. The molecule has 1 saturated heterocycles. The van der Waals surface area contributed by atoms with E-state index >= 15 is 0 Å². The van der Waals surface area contributed by atoms with Gasteiger partial charge in [-0.15, -0.1) is 0 Å². The highest BCUT2D eigenvalue weighted by atomic mass is 32.1. The zero-order valence-corrected chi connectivity index (χ0v) is 10.7. The predicted molar refractivity (Wildman–Crippen MR) is 72.6 cm³/mol. The quantitative estimate of drug-likeness (QED) is 0.832. The maximum absolute atomic E-state index is 5.89. The van der Waals surface area contributed by atoms with Crippen molar-refractivity contribution in [1.82, 2.24) is 4.90 Å². The van der Waals surface area contributed by atoms with Crippen LogP contribution in [0.1, 0.15) is 18.4 Å². The van der Waals surface area contributed by atoms with E-state index in [2.05, 4.69) is 12.1 Å². The Balaban J connectivity index is 1.74. The van der Waals surface area contributed by atoms with Crippen molar-refractivity contribution in [3.63, 3.8) is 0 Å². The molecule has 1 aliphatic rings. The van der Waals surface area contributed by atoms with E-state index in [-0.39, 0.29) is 0 Å². The number of ether oxygens (including phenoxy) is 1. The molecule has 0 radical (unpaired) electrons. The molecule has 4 heteroatoms. The van der Waals surface area contributed by atoms with Gasteiger partial charge in [-0.2, -0.15) is 0 Å². The maximum atomic E-state index is 5.89.